The number of aromatic hydroxyl groups is 2. The zero-order valence-electron chi connectivity index (χ0n) is 24.5. The molecular formula is C33H50N2O2. The lowest BCUT2D eigenvalue weighted by Crippen LogP contribution is -2.00. The number of benzene rings is 2. The van der Waals surface area contributed by atoms with Crippen molar-refractivity contribution >= 4 is 12.4 Å². The number of rotatable bonds is 14. The number of aliphatic imine (C=N–C) groups is 2. The Hall–Kier alpha value is -2.62. The van der Waals surface area contributed by atoms with Crippen molar-refractivity contribution < 1.29 is 10.2 Å². The highest BCUT2D eigenvalue weighted by molar-refractivity contribution is 5.85. The molecule has 2 aromatic rings. The van der Waals surface area contributed by atoms with E-state index >= 15 is 0 Å². The number of hydrogen-bond acceptors (Lipinski definition) is 4. The monoisotopic (exact) mass is 506 g/mol. The largest absolute Gasteiger partial charge is 0.507 e. The van der Waals surface area contributed by atoms with Crippen LogP contribution in [-0.2, 0) is 12.8 Å². The number of aryl methyl sites for hydroxylation is 2. The fraction of sp³-hybridized carbons (Fsp3) is 0.576. The van der Waals surface area contributed by atoms with Crippen LogP contribution in [0.25, 0.3) is 0 Å². The molecule has 0 aliphatic heterocycles. The molecule has 0 heterocycles. The number of phenolic OH excluding ortho intramolecular Hbond substituents is 2. The minimum Gasteiger partial charge on any atom is -0.507 e. The Morgan fingerprint density at radius 1 is 0.622 bits per heavy atom. The molecule has 0 aromatic heterocycles. The molecule has 2 aromatic carbocycles. The summed E-state index contributed by atoms with van der Waals surface area (Å²) in [6.07, 6.45) is 8.71. The number of phenols is 2. The van der Waals surface area contributed by atoms with Crippen molar-refractivity contribution in [2.45, 2.75) is 99.3 Å². The normalized spacial score (nSPS) is 12.4. The number of nitrogens with zero attached hydrogens (tertiary/aromatic N) is 2. The minimum atomic E-state index is 0.261. The molecule has 0 atom stereocenters. The SMILES string of the molecule is CC(C)CCc1cc(C=NCCCN=Cc2cc(CCC(C)C)cc(C(C)C)c2O)c(O)c(C(C)C)c1. The van der Waals surface area contributed by atoms with Crippen LogP contribution in [0.5, 0.6) is 11.5 Å². The third-order valence-electron chi connectivity index (χ3n) is 6.76. The van der Waals surface area contributed by atoms with Crippen molar-refractivity contribution in [1.29, 1.82) is 0 Å². The predicted molar refractivity (Wildman–Crippen MR) is 160 cm³/mol. The van der Waals surface area contributed by atoms with Gasteiger partial charge in [-0.1, -0.05) is 67.5 Å². The Bertz CT molecular complexity index is 965. The topological polar surface area (TPSA) is 65.2 Å². The maximum absolute atomic E-state index is 10.8. The molecule has 37 heavy (non-hydrogen) atoms. The molecule has 0 aliphatic carbocycles. The second kappa shape index (κ2) is 15.0. The molecule has 0 aliphatic rings. The van der Waals surface area contributed by atoms with Crippen LogP contribution in [-0.4, -0.2) is 35.7 Å². The molecule has 0 amide bonds. The molecule has 0 fully saturated rings. The average molecular weight is 507 g/mol. The van der Waals surface area contributed by atoms with E-state index in [-0.39, 0.29) is 11.8 Å². The highest BCUT2D eigenvalue weighted by Gasteiger charge is 2.13. The Balaban J connectivity index is 2.03. The van der Waals surface area contributed by atoms with Crippen LogP contribution in [0.1, 0.15) is 120 Å². The van der Waals surface area contributed by atoms with Gasteiger partial charge in [0.25, 0.3) is 0 Å². The molecule has 2 rings (SSSR count). The summed E-state index contributed by atoms with van der Waals surface area (Å²) in [5.74, 6) is 2.51. The van der Waals surface area contributed by atoms with Crippen LogP contribution in [0, 0.1) is 11.8 Å². The van der Waals surface area contributed by atoms with Crippen LogP contribution < -0.4 is 0 Å². The van der Waals surface area contributed by atoms with Gasteiger partial charge in [0, 0.05) is 36.6 Å². The van der Waals surface area contributed by atoms with Crippen molar-refractivity contribution in [1.82, 2.24) is 0 Å². The van der Waals surface area contributed by atoms with Gasteiger partial charge in [-0.15, -0.1) is 0 Å². The first-order valence-corrected chi connectivity index (χ1v) is 14.2. The van der Waals surface area contributed by atoms with Gasteiger partial charge in [-0.25, -0.2) is 0 Å². The molecule has 0 unspecified atom stereocenters. The second-order valence-electron chi connectivity index (χ2n) is 11.8. The number of hydrogen-bond donors (Lipinski definition) is 2. The van der Waals surface area contributed by atoms with Crippen molar-refractivity contribution in [2.24, 2.45) is 21.8 Å². The van der Waals surface area contributed by atoms with Crippen LogP contribution >= 0.6 is 0 Å². The lowest BCUT2D eigenvalue weighted by molar-refractivity contribution is 0.463. The predicted octanol–water partition coefficient (Wildman–Crippen LogP) is 8.45. The molecule has 0 bridgehead atoms. The molecule has 0 radical (unpaired) electrons. The van der Waals surface area contributed by atoms with Crippen LogP contribution in [0.2, 0.25) is 0 Å². The first-order chi connectivity index (χ1) is 17.5. The highest BCUT2D eigenvalue weighted by Crippen LogP contribution is 2.32. The molecular weight excluding hydrogens is 456 g/mol. The summed E-state index contributed by atoms with van der Waals surface area (Å²) >= 11 is 0. The smallest absolute Gasteiger partial charge is 0.127 e. The first-order valence-electron chi connectivity index (χ1n) is 14.2. The summed E-state index contributed by atoms with van der Waals surface area (Å²) in [6.45, 7) is 18.7. The Labute approximate surface area is 226 Å². The van der Waals surface area contributed by atoms with Gasteiger partial charge in [0.15, 0.2) is 0 Å². The van der Waals surface area contributed by atoms with Gasteiger partial charge in [0.05, 0.1) is 0 Å². The van der Waals surface area contributed by atoms with Gasteiger partial charge in [0.2, 0.25) is 0 Å². The minimum absolute atomic E-state index is 0.261. The van der Waals surface area contributed by atoms with Crippen LogP contribution in [0.3, 0.4) is 0 Å². The van der Waals surface area contributed by atoms with Crippen molar-refractivity contribution in [3.63, 3.8) is 0 Å². The molecule has 204 valence electrons. The average Bonchev–Trinajstić information content (AvgIpc) is 2.82. The van der Waals surface area contributed by atoms with E-state index in [0.717, 1.165) is 54.4 Å². The second-order valence-corrected chi connectivity index (χ2v) is 11.8. The summed E-state index contributed by atoms with van der Waals surface area (Å²) < 4.78 is 0. The first kappa shape index (κ1) is 30.6. The maximum Gasteiger partial charge on any atom is 0.127 e. The molecule has 4 nitrogen and oxygen atoms in total. The summed E-state index contributed by atoms with van der Waals surface area (Å²) in [4.78, 5) is 9.17. The van der Waals surface area contributed by atoms with Crippen molar-refractivity contribution in [3.8, 4) is 11.5 Å². The van der Waals surface area contributed by atoms with Gasteiger partial charge in [-0.3, -0.25) is 9.98 Å². The van der Waals surface area contributed by atoms with Crippen LogP contribution in [0.4, 0.5) is 0 Å². The maximum atomic E-state index is 10.8. The van der Waals surface area contributed by atoms with E-state index < -0.39 is 0 Å². The lowest BCUT2D eigenvalue weighted by Gasteiger charge is -2.14. The molecule has 0 saturated heterocycles. The van der Waals surface area contributed by atoms with E-state index in [1.165, 1.54) is 11.1 Å². The van der Waals surface area contributed by atoms with E-state index in [1.807, 2.05) is 12.4 Å². The Morgan fingerprint density at radius 2 is 1.00 bits per heavy atom. The third kappa shape index (κ3) is 9.98. The van der Waals surface area contributed by atoms with Gasteiger partial charge in [-0.2, -0.15) is 0 Å². The fourth-order valence-electron chi connectivity index (χ4n) is 4.34. The van der Waals surface area contributed by atoms with Crippen molar-refractivity contribution in [2.75, 3.05) is 13.1 Å². The summed E-state index contributed by atoms with van der Waals surface area (Å²) in [5.41, 5.74) is 6.11. The van der Waals surface area contributed by atoms with Gasteiger partial charge in [0.1, 0.15) is 11.5 Å². The fourth-order valence-corrected chi connectivity index (χ4v) is 4.34. The van der Waals surface area contributed by atoms with E-state index in [1.54, 1.807) is 0 Å². The molecule has 0 spiro atoms. The van der Waals surface area contributed by atoms with Crippen molar-refractivity contribution in [3.05, 3.63) is 57.6 Å². The van der Waals surface area contributed by atoms with Gasteiger partial charge < -0.3 is 10.2 Å². The molecule has 2 N–H and O–H groups in total. The zero-order valence-corrected chi connectivity index (χ0v) is 24.5. The highest BCUT2D eigenvalue weighted by atomic mass is 16.3. The summed E-state index contributed by atoms with van der Waals surface area (Å²) in [7, 11) is 0. The van der Waals surface area contributed by atoms with Gasteiger partial charge >= 0.3 is 0 Å². The summed E-state index contributed by atoms with van der Waals surface area (Å²) in [6, 6.07) is 8.44. The molecule has 0 saturated carbocycles. The molecule has 4 heteroatoms. The van der Waals surface area contributed by atoms with E-state index in [9.17, 15) is 10.2 Å². The van der Waals surface area contributed by atoms with E-state index in [4.69, 9.17) is 0 Å². The van der Waals surface area contributed by atoms with E-state index in [2.05, 4.69) is 89.6 Å². The van der Waals surface area contributed by atoms with E-state index in [0.29, 0.717) is 36.4 Å². The van der Waals surface area contributed by atoms with Crippen LogP contribution in [0.15, 0.2) is 34.3 Å². The lowest BCUT2D eigenvalue weighted by atomic mass is 9.93. The Morgan fingerprint density at radius 3 is 1.32 bits per heavy atom. The van der Waals surface area contributed by atoms with Gasteiger partial charge in [-0.05, 0) is 90.2 Å². The Kier molecular flexibility index (Phi) is 12.4. The standard InChI is InChI=1S/C33H50N2O2/c1-22(2)10-12-26-16-28(32(36)30(18-26)24(5)6)20-34-14-9-15-35-21-29-17-27(13-11-23(3)4)19-31(25(7)8)33(29)37/h16-25,36-37H,9-15H2,1-8H3. The zero-order chi connectivity index (χ0) is 27.5. The summed E-state index contributed by atoms with van der Waals surface area (Å²) in [5, 5.41) is 21.5. The third-order valence-corrected chi connectivity index (χ3v) is 6.76. The quantitative estimate of drug-likeness (QED) is 0.199.